The van der Waals surface area contributed by atoms with Crippen LogP contribution in [0, 0.1) is 5.92 Å². The molecule has 1 unspecified atom stereocenters. The van der Waals surface area contributed by atoms with E-state index in [0.717, 1.165) is 12.8 Å². The van der Waals surface area contributed by atoms with E-state index >= 15 is 0 Å². The molecule has 0 saturated heterocycles. The maximum atomic E-state index is 9.17. The molecule has 0 spiro atoms. The Morgan fingerprint density at radius 2 is 2.14 bits per heavy atom. The predicted molar refractivity (Wildman–Crippen MR) is 59.0 cm³/mol. The fraction of sp³-hybridized carbons (Fsp3) is 0.385. The van der Waals surface area contributed by atoms with E-state index in [-0.39, 0.29) is 12.5 Å². The molecule has 0 fully saturated rings. The van der Waals surface area contributed by atoms with Crippen molar-refractivity contribution in [1.82, 2.24) is 0 Å². The Morgan fingerprint density at radius 3 is 2.93 bits per heavy atom. The summed E-state index contributed by atoms with van der Waals surface area (Å²) in [5.41, 5.74) is 4.07. The molecule has 0 aromatic heterocycles. The summed E-state index contributed by atoms with van der Waals surface area (Å²) in [6.45, 7) is 2.31. The minimum absolute atomic E-state index is 0.236. The summed E-state index contributed by atoms with van der Waals surface area (Å²) >= 11 is 0. The molecule has 0 saturated carbocycles. The molecule has 1 atom stereocenters. The topological polar surface area (TPSA) is 20.2 Å². The number of hydrogen-bond donors (Lipinski definition) is 1. The summed E-state index contributed by atoms with van der Waals surface area (Å²) < 4.78 is 0. The number of allylic oxidation sites excluding steroid dienone is 1. The predicted octanol–water partition coefficient (Wildman–Crippen LogP) is 2.64. The molecule has 1 aliphatic rings. The number of aliphatic hydroxyl groups is 1. The van der Waals surface area contributed by atoms with Crippen LogP contribution in [0.25, 0.3) is 5.57 Å². The van der Waals surface area contributed by atoms with Gasteiger partial charge in [-0.2, -0.15) is 0 Å². The molecule has 74 valence electrons. The highest BCUT2D eigenvalue weighted by atomic mass is 16.3. The van der Waals surface area contributed by atoms with Gasteiger partial charge < -0.3 is 5.11 Å². The molecular weight excluding hydrogens is 172 g/mol. The summed E-state index contributed by atoms with van der Waals surface area (Å²) in [5, 5.41) is 9.17. The fourth-order valence-electron chi connectivity index (χ4n) is 2.08. The van der Waals surface area contributed by atoms with E-state index in [1.807, 2.05) is 0 Å². The lowest BCUT2D eigenvalue weighted by molar-refractivity contribution is 0.266. The summed E-state index contributed by atoms with van der Waals surface area (Å²) in [4.78, 5) is 0. The highest BCUT2D eigenvalue weighted by molar-refractivity contribution is 5.71. The number of hydrogen-bond acceptors (Lipinski definition) is 1. The molecule has 2 rings (SSSR count). The van der Waals surface area contributed by atoms with E-state index < -0.39 is 0 Å². The first kappa shape index (κ1) is 9.47. The van der Waals surface area contributed by atoms with Crippen LogP contribution in [0.1, 0.15) is 24.5 Å². The number of benzene rings is 1. The van der Waals surface area contributed by atoms with Crippen molar-refractivity contribution in [1.29, 1.82) is 0 Å². The van der Waals surface area contributed by atoms with Gasteiger partial charge in [0, 0.05) is 12.5 Å². The Morgan fingerprint density at radius 1 is 1.36 bits per heavy atom. The lowest BCUT2D eigenvalue weighted by Gasteiger charge is -2.21. The minimum Gasteiger partial charge on any atom is -0.396 e. The molecule has 0 amide bonds. The van der Waals surface area contributed by atoms with Crippen molar-refractivity contribution in [3.8, 4) is 0 Å². The van der Waals surface area contributed by atoms with Crippen molar-refractivity contribution in [2.24, 2.45) is 5.92 Å². The minimum atomic E-state index is 0.236. The van der Waals surface area contributed by atoms with Crippen molar-refractivity contribution in [3.63, 3.8) is 0 Å². The lowest BCUT2D eigenvalue weighted by Crippen LogP contribution is -2.09. The van der Waals surface area contributed by atoms with Gasteiger partial charge in [-0.1, -0.05) is 37.3 Å². The van der Waals surface area contributed by atoms with Crippen molar-refractivity contribution >= 4 is 5.57 Å². The third-order valence-corrected chi connectivity index (χ3v) is 2.91. The molecule has 0 radical (unpaired) electrons. The number of aryl methyl sites for hydroxylation is 1. The van der Waals surface area contributed by atoms with Crippen molar-refractivity contribution in [3.05, 3.63) is 41.5 Å². The molecule has 1 heteroatoms. The zero-order valence-corrected chi connectivity index (χ0v) is 8.53. The van der Waals surface area contributed by atoms with Gasteiger partial charge in [0.1, 0.15) is 0 Å². The van der Waals surface area contributed by atoms with Gasteiger partial charge >= 0.3 is 0 Å². The zero-order valence-electron chi connectivity index (χ0n) is 8.53. The Hall–Kier alpha value is -1.08. The highest BCUT2D eigenvalue weighted by Gasteiger charge is 2.16. The van der Waals surface area contributed by atoms with Crippen molar-refractivity contribution < 1.29 is 5.11 Å². The molecule has 1 aromatic carbocycles. The average molecular weight is 188 g/mol. The van der Waals surface area contributed by atoms with Crippen molar-refractivity contribution in [2.75, 3.05) is 6.61 Å². The Labute approximate surface area is 85.1 Å². The first-order valence-electron chi connectivity index (χ1n) is 5.22. The van der Waals surface area contributed by atoms with Gasteiger partial charge in [-0.05, 0) is 29.5 Å². The Bertz CT molecular complexity index is 352. The van der Waals surface area contributed by atoms with Crippen LogP contribution in [-0.4, -0.2) is 11.7 Å². The van der Waals surface area contributed by atoms with Crippen LogP contribution in [-0.2, 0) is 6.42 Å². The van der Waals surface area contributed by atoms with E-state index in [4.69, 9.17) is 0 Å². The normalized spacial score (nSPS) is 17.1. The van der Waals surface area contributed by atoms with Gasteiger partial charge in [0.2, 0.25) is 0 Å². The molecular formula is C13H16O. The number of aliphatic hydroxyl groups excluding tert-OH is 1. The lowest BCUT2D eigenvalue weighted by atomic mass is 9.85. The van der Waals surface area contributed by atoms with E-state index in [1.165, 1.54) is 16.7 Å². The molecule has 1 N–H and O–H groups in total. The smallest absolute Gasteiger partial charge is 0.0497 e. The molecule has 1 aromatic rings. The first-order valence-corrected chi connectivity index (χ1v) is 5.22. The SMILES string of the molecule is CC(CO)C1=CCCc2ccccc21. The van der Waals surface area contributed by atoms with Crippen LogP contribution in [0.5, 0.6) is 0 Å². The summed E-state index contributed by atoms with van der Waals surface area (Å²) in [5.74, 6) is 0.261. The van der Waals surface area contributed by atoms with Gasteiger partial charge in [0.05, 0.1) is 0 Å². The van der Waals surface area contributed by atoms with Gasteiger partial charge in [-0.3, -0.25) is 0 Å². The summed E-state index contributed by atoms with van der Waals surface area (Å²) in [6, 6.07) is 8.51. The second-order valence-electron chi connectivity index (χ2n) is 3.94. The maximum absolute atomic E-state index is 9.17. The standard InChI is InChI=1S/C13H16O/c1-10(9-14)12-8-4-6-11-5-2-3-7-13(11)12/h2-3,5,7-8,10,14H,4,6,9H2,1H3. The third kappa shape index (κ3) is 1.60. The Balaban J connectivity index is 2.40. The number of fused-ring (bicyclic) bond motifs is 1. The molecule has 0 bridgehead atoms. The summed E-state index contributed by atoms with van der Waals surface area (Å²) in [7, 11) is 0. The highest BCUT2D eigenvalue weighted by Crippen LogP contribution is 2.31. The molecule has 0 aliphatic heterocycles. The quantitative estimate of drug-likeness (QED) is 0.756. The van der Waals surface area contributed by atoms with Crippen LogP contribution in [0.15, 0.2) is 30.3 Å². The molecule has 1 aliphatic carbocycles. The van der Waals surface area contributed by atoms with Gasteiger partial charge in [-0.25, -0.2) is 0 Å². The van der Waals surface area contributed by atoms with Crippen LogP contribution in [0.2, 0.25) is 0 Å². The second-order valence-corrected chi connectivity index (χ2v) is 3.94. The van der Waals surface area contributed by atoms with Gasteiger partial charge in [0.15, 0.2) is 0 Å². The maximum Gasteiger partial charge on any atom is 0.0497 e. The third-order valence-electron chi connectivity index (χ3n) is 2.91. The second kappa shape index (κ2) is 3.97. The largest absolute Gasteiger partial charge is 0.396 e. The Kier molecular flexibility index (Phi) is 2.69. The van der Waals surface area contributed by atoms with Crippen LogP contribution in [0.4, 0.5) is 0 Å². The van der Waals surface area contributed by atoms with Crippen LogP contribution >= 0.6 is 0 Å². The first-order chi connectivity index (χ1) is 6.83. The van der Waals surface area contributed by atoms with Crippen LogP contribution in [0.3, 0.4) is 0 Å². The van der Waals surface area contributed by atoms with Gasteiger partial charge in [0.25, 0.3) is 0 Å². The number of rotatable bonds is 2. The van der Waals surface area contributed by atoms with E-state index in [9.17, 15) is 5.11 Å². The van der Waals surface area contributed by atoms with E-state index in [2.05, 4.69) is 37.3 Å². The summed E-state index contributed by atoms with van der Waals surface area (Å²) in [6.07, 6.45) is 4.51. The van der Waals surface area contributed by atoms with Gasteiger partial charge in [-0.15, -0.1) is 0 Å². The monoisotopic (exact) mass is 188 g/mol. The molecule has 14 heavy (non-hydrogen) atoms. The van der Waals surface area contributed by atoms with Crippen molar-refractivity contribution in [2.45, 2.75) is 19.8 Å². The average Bonchev–Trinajstić information content (AvgIpc) is 2.27. The molecule has 1 nitrogen and oxygen atoms in total. The fourth-order valence-corrected chi connectivity index (χ4v) is 2.08. The molecule has 0 heterocycles. The van der Waals surface area contributed by atoms with E-state index in [1.54, 1.807) is 0 Å². The zero-order chi connectivity index (χ0) is 9.97. The van der Waals surface area contributed by atoms with Crippen LogP contribution < -0.4 is 0 Å². The van der Waals surface area contributed by atoms with E-state index in [0.29, 0.717) is 0 Å².